The van der Waals surface area contributed by atoms with Crippen LogP contribution in [0, 0.1) is 5.92 Å². The highest BCUT2D eigenvalue weighted by Gasteiger charge is 2.51. The second-order valence-electron chi connectivity index (χ2n) is 11.6. The van der Waals surface area contributed by atoms with E-state index in [-0.39, 0.29) is 5.56 Å². The minimum Gasteiger partial charge on any atom is -0.488 e. The molecule has 0 aliphatic heterocycles. The van der Waals surface area contributed by atoms with Gasteiger partial charge in [0.05, 0.1) is 5.56 Å². The average molecular weight is 457 g/mol. The smallest absolute Gasteiger partial charge is 0.378 e. The maximum atomic E-state index is 14.2. The van der Waals surface area contributed by atoms with Gasteiger partial charge in [0, 0.05) is 11.1 Å². The predicted octanol–water partition coefficient (Wildman–Crippen LogP) is 6.36. The fourth-order valence-corrected chi connectivity index (χ4v) is 3.21. The van der Waals surface area contributed by atoms with Crippen LogP contribution in [0.15, 0.2) is 12.1 Å². The minimum absolute atomic E-state index is 0.0768. The molecule has 0 radical (unpaired) electrons. The van der Waals surface area contributed by atoms with E-state index >= 15 is 0 Å². The van der Waals surface area contributed by atoms with E-state index in [1.165, 1.54) is 13.8 Å². The summed E-state index contributed by atoms with van der Waals surface area (Å²) in [6.45, 7) is 20.4. The van der Waals surface area contributed by atoms with Crippen LogP contribution in [0.4, 0.5) is 8.78 Å². The molecule has 1 N–H and O–H groups in total. The topological polar surface area (TPSA) is 72.8 Å². The van der Waals surface area contributed by atoms with Crippen molar-refractivity contribution >= 4 is 11.9 Å². The van der Waals surface area contributed by atoms with E-state index < -0.39 is 46.3 Å². The summed E-state index contributed by atoms with van der Waals surface area (Å²) in [5.74, 6) is -7.80. The van der Waals surface area contributed by atoms with Crippen LogP contribution in [0.3, 0.4) is 0 Å². The summed E-state index contributed by atoms with van der Waals surface area (Å²) in [7, 11) is 0. The molecule has 0 aliphatic carbocycles. The highest BCUT2D eigenvalue weighted by molar-refractivity contribution is 5.91. The van der Waals surface area contributed by atoms with Crippen molar-refractivity contribution in [1.82, 2.24) is 0 Å². The van der Waals surface area contributed by atoms with Crippen LogP contribution in [-0.2, 0) is 20.4 Å². The van der Waals surface area contributed by atoms with Crippen molar-refractivity contribution in [2.45, 2.75) is 105 Å². The lowest BCUT2D eigenvalue weighted by Gasteiger charge is -2.34. The largest absolute Gasteiger partial charge is 0.488 e. The fraction of sp³-hybridized carbons (Fsp3) is 0.680. The lowest BCUT2D eigenvalue weighted by atomic mass is 9.78. The number of carboxylic acids is 1. The van der Waals surface area contributed by atoms with Gasteiger partial charge in [-0.3, -0.25) is 0 Å². The number of benzene rings is 1. The average Bonchev–Trinajstić information content (AvgIpc) is 2.55. The standard InChI is InChI=1S/C25H38F2O5/c1-14(2)19(25(26,27)21(29)30)31-20(28)15-12-16(22(3,4)5)18(32-24(9,10)11)17(13-15)23(6,7)8/h12-14,19H,1-11H3,(H,29,30). The number of carbonyl (C=O) groups is 2. The number of aliphatic carboxylic acids is 1. The monoisotopic (exact) mass is 456 g/mol. The maximum Gasteiger partial charge on any atom is 0.378 e. The van der Waals surface area contributed by atoms with Gasteiger partial charge in [-0.15, -0.1) is 0 Å². The molecule has 32 heavy (non-hydrogen) atoms. The highest BCUT2D eigenvalue weighted by atomic mass is 19.3. The van der Waals surface area contributed by atoms with Gasteiger partial charge < -0.3 is 14.6 Å². The molecule has 0 fully saturated rings. The molecule has 0 heterocycles. The van der Waals surface area contributed by atoms with Crippen LogP contribution in [0.5, 0.6) is 5.75 Å². The van der Waals surface area contributed by atoms with Gasteiger partial charge in [-0.25, -0.2) is 9.59 Å². The molecule has 0 aromatic heterocycles. The number of carboxylic acid groups (broad SMARTS) is 1. The Kier molecular flexibility index (Phi) is 7.82. The van der Waals surface area contributed by atoms with Gasteiger partial charge in [0.1, 0.15) is 11.4 Å². The van der Waals surface area contributed by atoms with E-state index in [1.54, 1.807) is 12.1 Å². The molecule has 1 rings (SSSR count). The number of alkyl halides is 2. The number of halogens is 2. The van der Waals surface area contributed by atoms with Crippen molar-refractivity contribution in [3.05, 3.63) is 28.8 Å². The third kappa shape index (κ3) is 6.66. The maximum absolute atomic E-state index is 14.2. The Hall–Kier alpha value is -2.18. The predicted molar refractivity (Wildman–Crippen MR) is 121 cm³/mol. The van der Waals surface area contributed by atoms with E-state index in [0.29, 0.717) is 5.75 Å². The van der Waals surface area contributed by atoms with Crippen molar-refractivity contribution in [3.63, 3.8) is 0 Å². The lowest BCUT2D eigenvalue weighted by Crippen LogP contribution is -2.47. The molecule has 7 heteroatoms. The van der Waals surface area contributed by atoms with Crippen LogP contribution < -0.4 is 4.74 Å². The van der Waals surface area contributed by atoms with Gasteiger partial charge in [0.25, 0.3) is 0 Å². The molecule has 5 nitrogen and oxygen atoms in total. The zero-order valence-corrected chi connectivity index (χ0v) is 21.1. The van der Waals surface area contributed by atoms with E-state index in [4.69, 9.17) is 14.6 Å². The molecule has 1 atom stereocenters. The van der Waals surface area contributed by atoms with Crippen LogP contribution in [-0.4, -0.2) is 34.7 Å². The summed E-state index contributed by atoms with van der Waals surface area (Å²) >= 11 is 0. The highest BCUT2D eigenvalue weighted by Crippen LogP contribution is 2.42. The normalized spacial score (nSPS) is 14.3. The second kappa shape index (κ2) is 8.99. The van der Waals surface area contributed by atoms with Gasteiger partial charge in [-0.2, -0.15) is 8.78 Å². The fourth-order valence-electron chi connectivity index (χ4n) is 3.21. The van der Waals surface area contributed by atoms with Gasteiger partial charge in [0.15, 0.2) is 6.10 Å². The Morgan fingerprint density at radius 2 is 1.28 bits per heavy atom. The minimum atomic E-state index is -4.21. The molecule has 0 bridgehead atoms. The summed E-state index contributed by atoms with van der Waals surface area (Å²) < 4.78 is 39.9. The quantitative estimate of drug-likeness (QED) is 0.504. The molecule has 0 saturated carbocycles. The Balaban J connectivity index is 3.71. The van der Waals surface area contributed by atoms with Gasteiger partial charge in [-0.05, 0) is 49.7 Å². The molecule has 182 valence electrons. The summed E-state index contributed by atoms with van der Waals surface area (Å²) in [6.07, 6.45) is -2.10. The summed E-state index contributed by atoms with van der Waals surface area (Å²) in [4.78, 5) is 24.1. The van der Waals surface area contributed by atoms with E-state index in [1.807, 2.05) is 62.3 Å². The Labute approximate surface area is 190 Å². The van der Waals surface area contributed by atoms with Gasteiger partial charge in [-0.1, -0.05) is 55.4 Å². The molecular formula is C25H38F2O5. The first-order chi connectivity index (χ1) is 14.1. The van der Waals surface area contributed by atoms with E-state index in [2.05, 4.69) is 0 Å². The number of ether oxygens (including phenoxy) is 2. The Morgan fingerprint density at radius 3 is 1.56 bits per heavy atom. The first-order valence-corrected chi connectivity index (χ1v) is 10.8. The van der Waals surface area contributed by atoms with Crippen molar-refractivity contribution in [2.24, 2.45) is 5.92 Å². The number of carbonyl (C=O) groups excluding carboxylic acids is 1. The number of rotatable bonds is 6. The summed E-state index contributed by atoms with van der Waals surface area (Å²) in [5, 5.41) is 8.93. The van der Waals surface area contributed by atoms with Crippen LogP contribution in [0.2, 0.25) is 0 Å². The zero-order valence-electron chi connectivity index (χ0n) is 21.1. The first kappa shape index (κ1) is 27.9. The third-order valence-electron chi connectivity index (χ3n) is 4.83. The van der Waals surface area contributed by atoms with E-state index in [9.17, 15) is 18.4 Å². The van der Waals surface area contributed by atoms with Gasteiger partial charge >= 0.3 is 17.9 Å². The molecular weight excluding hydrogens is 418 g/mol. The van der Waals surface area contributed by atoms with Gasteiger partial charge in [0.2, 0.25) is 0 Å². The lowest BCUT2D eigenvalue weighted by molar-refractivity contribution is -0.187. The number of hydrogen-bond acceptors (Lipinski definition) is 4. The van der Waals surface area contributed by atoms with Crippen molar-refractivity contribution in [1.29, 1.82) is 0 Å². The molecule has 1 aromatic rings. The Morgan fingerprint density at radius 1 is 0.875 bits per heavy atom. The summed E-state index contributed by atoms with van der Waals surface area (Å²) in [6, 6.07) is 3.18. The third-order valence-corrected chi connectivity index (χ3v) is 4.83. The number of esters is 1. The second-order valence-corrected chi connectivity index (χ2v) is 11.6. The Bertz CT molecular complexity index is 818. The van der Waals surface area contributed by atoms with Crippen molar-refractivity contribution in [2.75, 3.05) is 0 Å². The molecule has 1 aromatic carbocycles. The van der Waals surface area contributed by atoms with Crippen LogP contribution >= 0.6 is 0 Å². The van der Waals surface area contributed by atoms with Crippen molar-refractivity contribution in [3.8, 4) is 5.75 Å². The molecule has 1 unspecified atom stereocenters. The van der Waals surface area contributed by atoms with E-state index in [0.717, 1.165) is 11.1 Å². The zero-order chi connectivity index (χ0) is 25.4. The molecule has 0 spiro atoms. The molecule has 0 aliphatic rings. The molecule has 0 saturated heterocycles. The number of hydrogen-bond donors (Lipinski definition) is 1. The van der Waals surface area contributed by atoms with Crippen molar-refractivity contribution < 1.29 is 33.0 Å². The van der Waals surface area contributed by atoms with Crippen LogP contribution in [0.1, 0.15) is 97.6 Å². The summed E-state index contributed by atoms with van der Waals surface area (Å²) in [5.41, 5.74) is 0.177. The first-order valence-electron chi connectivity index (χ1n) is 10.8. The molecule has 0 amide bonds. The SMILES string of the molecule is CC(C)C(OC(=O)c1cc(C(C)(C)C)c(OC(C)(C)C)c(C(C)(C)C)c1)C(F)(F)C(=O)O. The van der Waals surface area contributed by atoms with Crippen LogP contribution in [0.25, 0.3) is 0 Å².